The first-order valence-electron chi connectivity index (χ1n) is 8.67. The summed E-state index contributed by atoms with van der Waals surface area (Å²) in [6.07, 6.45) is 1.56. The van der Waals surface area contributed by atoms with Gasteiger partial charge >= 0.3 is 0 Å². The number of ether oxygens (including phenoxy) is 1. The monoisotopic (exact) mass is 442 g/mol. The van der Waals surface area contributed by atoms with Crippen molar-refractivity contribution in [2.45, 2.75) is 31.1 Å². The molecular weight excluding hydrogens is 424 g/mol. The van der Waals surface area contributed by atoms with Gasteiger partial charge in [-0.25, -0.2) is 0 Å². The lowest BCUT2D eigenvalue weighted by atomic mass is 10.0. The molecule has 27 heavy (non-hydrogen) atoms. The second-order valence-electron chi connectivity index (χ2n) is 6.61. The van der Waals surface area contributed by atoms with Gasteiger partial charge < -0.3 is 10.1 Å². The number of hydrogen-bond donors (Lipinski definition) is 1. The Labute approximate surface area is 171 Å². The second-order valence-corrected chi connectivity index (χ2v) is 8.29. The van der Waals surface area contributed by atoms with E-state index in [0.29, 0.717) is 22.6 Å². The lowest BCUT2D eigenvalue weighted by Gasteiger charge is -2.20. The molecule has 0 radical (unpaired) electrons. The smallest absolute Gasteiger partial charge is 0.247 e. The zero-order chi connectivity index (χ0) is 19.0. The van der Waals surface area contributed by atoms with Gasteiger partial charge in [-0.1, -0.05) is 65.8 Å². The molecule has 0 saturated carbocycles. The average molecular weight is 443 g/mol. The van der Waals surface area contributed by atoms with E-state index < -0.39 is 0 Å². The van der Waals surface area contributed by atoms with Crippen LogP contribution in [0.15, 0.2) is 52.1 Å². The Morgan fingerprint density at radius 3 is 2.59 bits per heavy atom. The summed E-state index contributed by atoms with van der Waals surface area (Å²) in [5, 5.41) is 12.6. The molecule has 1 aliphatic rings. The Hall–Kier alpha value is -2.12. The number of halogens is 1. The summed E-state index contributed by atoms with van der Waals surface area (Å²) in [5.41, 5.74) is 4.81. The van der Waals surface area contributed by atoms with Crippen LogP contribution in [0.1, 0.15) is 37.1 Å². The fourth-order valence-electron chi connectivity index (χ4n) is 2.96. The quantitative estimate of drug-likeness (QED) is 0.528. The van der Waals surface area contributed by atoms with E-state index in [1.165, 1.54) is 17.3 Å². The van der Waals surface area contributed by atoms with Crippen molar-refractivity contribution >= 4 is 33.4 Å². The van der Waals surface area contributed by atoms with Crippen LogP contribution in [0, 0.1) is 0 Å². The fourth-order valence-corrected chi connectivity index (χ4v) is 3.62. The van der Waals surface area contributed by atoms with Crippen LogP contribution in [-0.2, 0) is 0 Å². The van der Waals surface area contributed by atoms with Gasteiger partial charge in [0.2, 0.25) is 11.0 Å². The van der Waals surface area contributed by atoms with Gasteiger partial charge in [0, 0.05) is 21.3 Å². The summed E-state index contributed by atoms with van der Waals surface area (Å²) in [7, 11) is 0. The minimum Gasteiger partial charge on any atom is -0.448 e. The van der Waals surface area contributed by atoms with E-state index in [-0.39, 0.29) is 6.23 Å². The molecule has 1 N–H and O–H groups in total. The first-order valence-corrected chi connectivity index (χ1v) is 10.7. The molecule has 0 unspecified atom stereocenters. The first kappa shape index (κ1) is 18.3. The SMILES string of the molecule is CSc1nnc2c(n1)O[C@@H](c1ccc(C(C)C)cc1)Nc1ccc(Br)cc1-2. The summed E-state index contributed by atoms with van der Waals surface area (Å²) < 4.78 is 7.22. The predicted octanol–water partition coefficient (Wildman–Crippen LogP) is 5.65. The number of aromatic nitrogens is 3. The normalized spacial score (nSPS) is 15.4. The minimum absolute atomic E-state index is 0.362. The van der Waals surface area contributed by atoms with Gasteiger partial charge in [-0.05, 0) is 35.9 Å². The highest BCUT2D eigenvalue weighted by molar-refractivity contribution is 9.10. The zero-order valence-corrected chi connectivity index (χ0v) is 17.6. The van der Waals surface area contributed by atoms with E-state index in [1.807, 2.05) is 24.5 Å². The highest BCUT2D eigenvalue weighted by atomic mass is 79.9. The number of thioether (sulfide) groups is 1. The minimum atomic E-state index is -0.362. The number of nitrogens with one attached hydrogen (secondary N) is 1. The van der Waals surface area contributed by atoms with Crippen molar-refractivity contribution in [2.75, 3.05) is 11.6 Å². The van der Waals surface area contributed by atoms with Crippen LogP contribution < -0.4 is 10.1 Å². The number of nitrogens with zero attached hydrogens (tertiary/aromatic N) is 3. The molecule has 2 aromatic carbocycles. The Morgan fingerprint density at radius 1 is 1.11 bits per heavy atom. The standard InChI is InChI=1S/C20H19BrN4OS/c1-11(2)12-4-6-13(7-5-12)18-22-16-9-8-14(21)10-15(16)17-19(26-18)23-20(27-3)25-24-17/h4-11,18,22H,1-3H3/t18-/m0/s1. The van der Waals surface area contributed by atoms with E-state index >= 15 is 0 Å². The molecule has 4 rings (SSSR count). The van der Waals surface area contributed by atoms with Gasteiger partial charge in [-0.15, -0.1) is 10.2 Å². The molecule has 0 amide bonds. The average Bonchev–Trinajstić information content (AvgIpc) is 2.84. The maximum atomic E-state index is 6.25. The van der Waals surface area contributed by atoms with E-state index in [1.54, 1.807) is 0 Å². The third-order valence-corrected chi connectivity index (χ3v) is 5.51. The van der Waals surface area contributed by atoms with Gasteiger partial charge in [0.25, 0.3) is 0 Å². The first-order chi connectivity index (χ1) is 13.0. The number of fused-ring (bicyclic) bond motifs is 3. The Kier molecular flexibility index (Phi) is 5.06. The van der Waals surface area contributed by atoms with Crippen molar-refractivity contribution in [1.29, 1.82) is 0 Å². The summed E-state index contributed by atoms with van der Waals surface area (Å²) >= 11 is 4.98. The summed E-state index contributed by atoms with van der Waals surface area (Å²) in [6.45, 7) is 4.37. The van der Waals surface area contributed by atoms with E-state index in [4.69, 9.17) is 4.74 Å². The van der Waals surface area contributed by atoms with Crippen molar-refractivity contribution in [3.63, 3.8) is 0 Å². The number of benzene rings is 2. The molecular formula is C20H19BrN4OS. The van der Waals surface area contributed by atoms with Crippen molar-refractivity contribution < 1.29 is 4.74 Å². The van der Waals surface area contributed by atoms with Crippen LogP contribution in [-0.4, -0.2) is 21.4 Å². The molecule has 2 heterocycles. The maximum absolute atomic E-state index is 6.25. The third kappa shape index (κ3) is 3.66. The van der Waals surface area contributed by atoms with Crippen LogP contribution in [0.2, 0.25) is 0 Å². The van der Waals surface area contributed by atoms with Crippen molar-refractivity contribution in [3.05, 3.63) is 58.1 Å². The molecule has 7 heteroatoms. The van der Waals surface area contributed by atoms with E-state index in [2.05, 4.69) is 74.5 Å². The molecule has 1 aromatic heterocycles. The molecule has 1 atom stereocenters. The molecule has 0 bridgehead atoms. The van der Waals surface area contributed by atoms with Crippen LogP contribution in [0.3, 0.4) is 0 Å². The van der Waals surface area contributed by atoms with Gasteiger partial charge in [-0.3, -0.25) is 0 Å². The largest absolute Gasteiger partial charge is 0.448 e. The molecule has 1 aliphatic heterocycles. The van der Waals surface area contributed by atoms with Crippen LogP contribution in [0.25, 0.3) is 11.3 Å². The Balaban J connectivity index is 1.81. The molecule has 0 aliphatic carbocycles. The summed E-state index contributed by atoms with van der Waals surface area (Å²) in [5.74, 6) is 0.971. The number of anilines is 1. The number of hydrogen-bond acceptors (Lipinski definition) is 6. The molecule has 0 spiro atoms. The van der Waals surface area contributed by atoms with Crippen molar-refractivity contribution in [1.82, 2.24) is 15.2 Å². The predicted molar refractivity (Wildman–Crippen MR) is 112 cm³/mol. The van der Waals surface area contributed by atoms with Gasteiger partial charge in [0.05, 0.1) is 0 Å². The van der Waals surface area contributed by atoms with E-state index in [0.717, 1.165) is 21.3 Å². The molecule has 5 nitrogen and oxygen atoms in total. The van der Waals surface area contributed by atoms with Crippen LogP contribution >= 0.6 is 27.7 Å². The highest BCUT2D eigenvalue weighted by Gasteiger charge is 2.26. The summed E-state index contributed by atoms with van der Waals surface area (Å²) in [4.78, 5) is 4.55. The number of rotatable bonds is 3. The van der Waals surface area contributed by atoms with Crippen molar-refractivity contribution in [2.24, 2.45) is 0 Å². The third-order valence-electron chi connectivity index (χ3n) is 4.48. The molecule has 0 saturated heterocycles. The Bertz CT molecular complexity index is 978. The summed E-state index contributed by atoms with van der Waals surface area (Å²) in [6, 6.07) is 14.5. The van der Waals surface area contributed by atoms with Crippen molar-refractivity contribution in [3.8, 4) is 17.1 Å². The molecule has 138 valence electrons. The lowest BCUT2D eigenvalue weighted by molar-refractivity contribution is 0.225. The molecule has 3 aromatic rings. The lowest BCUT2D eigenvalue weighted by Crippen LogP contribution is -2.17. The van der Waals surface area contributed by atoms with Crippen LogP contribution in [0.5, 0.6) is 5.88 Å². The Morgan fingerprint density at radius 2 is 1.89 bits per heavy atom. The van der Waals surface area contributed by atoms with E-state index in [9.17, 15) is 0 Å². The van der Waals surface area contributed by atoms with Gasteiger partial charge in [0.1, 0.15) is 0 Å². The van der Waals surface area contributed by atoms with Gasteiger partial charge in [-0.2, -0.15) is 4.98 Å². The maximum Gasteiger partial charge on any atom is 0.247 e. The van der Waals surface area contributed by atoms with Gasteiger partial charge in [0.15, 0.2) is 11.9 Å². The molecule has 0 fully saturated rings. The topological polar surface area (TPSA) is 59.9 Å². The highest BCUT2D eigenvalue weighted by Crippen LogP contribution is 2.40. The zero-order valence-electron chi connectivity index (χ0n) is 15.2. The van der Waals surface area contributed by atoms with Crippen LogP contribution in [0.4, 0.5) is 5.69 Å². The second kappa shape index (κ2) is 7.48. The fraction of sp³-hybridized carbons (Fsp3) is 0.250.